The van der Waals surface area contributed by atoms with Crippen LogP contribution in [0.1, 0.15) is 38.5 Å². The van der Waals surface area contributed by atoms with Crippen LogP contribution in [-0.4, -0.2) is 21.9 Å². The SMILES string of the molecule is O=C(Nc1ccccc1-n1cccn1)NC1CCCCCC1. The number of nitrogens with one attached hydrogen (secondary N) is 2. The molecule has 1 fully saturated rings. The van der Waals surface area contributed by atoms with Crippen LogP contribution < -0.4 is 10.6 Å². The second kappa shape index (κ2) is 7.11. The van der Waals surface area contributed by atoms with Crippen LogP contribution >= 0.6 is 0 Å². The molecule has 116 valence electrons. The van der Waals surface area contributed by atoms with Crippen molar-refractivity contribution in [1.29, 1.82) is 0 Å². The lowest BCUT2D eigenvalue weighted by Crippen LogP contribution is -2.37. The van der Waals surface area contributed by atoms with E-state index in [-0.39, 0.29) is 6.03 Å². The molecule has 1 heterocycles. The maximum atomic E-state index is 12.3. The molecule has 2 N–H and O–H groups in total. The number of anilines is 1. The number of para-hydroxylation sites is 2. The highest BCUT2D eigenvalue weighted by Gasteiger charge is 2.15. The first-order valence-electron chi connectivity index (χ1n) is 7.99. The Labute approximate surface area is 130 Å². The first-order chi connectivity index (χ1) is 10.8. The summed E-state index contributed by atoms with van der Waals surface area (Å²) >= 11 is 0. The molecule has 0 aliphatic heterocycles. The van der Waals surface area contributed by atoms with E-state index in [1.54, 1.807) is 10.9 Å². The standard InChI is InChI=1S/C17H22N4O/c22-17(19-14-8-3-1-2-4-9-14)20-15-10-5-6-11-16(15)21-13-7-12-18-21/h5-7,10-14H,1-4,8-9H2,(H2,19,20,22). The summed E-state index contributed by atoms with van der Waals surface area (Å²) in [5.74, 6) is 0. The van der Waals surface area contributed by atoms with Crippen LogP contribution in [-0.2, 0) is 0 Å². The highest BCUT2D eigenvalue weighted by Crippen LogP contribution is 2.20. The zero-order chi connectivity index (χ0) is 15.2. The predicted octanol–water partition coefficient (Wildman–Crippen LogP) is 3.72. The van der Waals surface area contributed by atoms with Gasteiger partial charge in [-0.3, -0.25) is 0 Å². The summed E-state index contributed by atoms with van der Waals surface area (Å²) in [4.78, 5) is 12.3. The Bertz CT molecular complexity index is 601. The van der Waals surface area contributed by atoms with Gasteiger partial charge in [0.25, 0.3) is 0 Å². The van der Waals surface area contributed by atoms with Gasteiger partial charge in [-0.25, -0.2) is 9.48 Å². The van der Waals surface area contributed by atoms with E-state index in [1.807, 2.05) is 36.5 Å². The topological polar surface area (TPSA) is 59.0 Å². The van der Waals surface area contributed by atoms with E-state index in [0.717, 1.165) is 24.2 Å². The number of hydrogen-bond acceptors (Lipinski definition) is 2. The largest absolute Gasteiger partial charge is 0.335 e. The Hall–Kier alpha value is -2.30. The molecule has 1 aromatic heterocycles. The lowest BCUT2D eigenvalue weighted by Gasteiger charge is -2.18. The van der Waals surface area contributed by atoms with E-state index in [2.05, 4.69) is 15.7 Å². The highest BCUT2D eigenvalue weighted by atomic mass is 16.2. The number of aromatic nitrogens is 2. The average molecular weight is 298 g/mol. The molecule has 0 saturated heterocycles. The van der Waals surface area contributed by atoms with Gasteiger partial charge in [0, 0.05) is 18.4 Å². The molecule has 3 rings (SSSR count). The van der Waals surface area contributed by atoms with Gasteiger partial charge in [-0.2, -0.15) is 5.10 Å². The van der Waals surface area contributed by atoms with Gasteiger partial charge in [0.05, 0.1) is 11.4 Å². The molecule has 0 radical (unpaired) electrons. The number of urea groups is 1. The van der Waals surface area contributed by atoms with Crippen LogP contribution in [0, 0.1) is 0 Å². The molecule has 2 aromatic rings. The summed E-state index contributed by atoms with van der Waals surface area (Å²) in [5, 5.41) is 10.3. The van der Waals surface area contributed by atoms with Gasteiger partial charge < -0.3 is 10.6 Å². The van der Waals surface area contributed by atoms with Crippen molar-refractivity contribution in [3.8, 4) is 5.69 Å². The summed E-state index contributed by atoms with van der Waals surface area (Å²) in [7, 11) is 0. The Morgan fingerprint density at radius 2 is 1.86 bits per heavy atom. The smallest absolute Gasteiger partial charge is 0.319 e. The summed E-state index contributed by atoms with van der Waals surface area (Å²) in [6, 6.07) is 9.70. The lowest BCUT2D eigenvalue weighted by molar-refractivity contribution is 0.247. The Morgan fingerprint density at radius 1 is 1.09 bits per heavy atom. The van der Waals surface area contributed by atoms with Crippen molar-refractivity contribution in [2.24, 2.45) is 0 Å². The van der Waals surface area contributed by atoms with Crippen molar-refractivity contribution >= 4 is 11.7 Å². The van der Waals surface area contributed by atoms with Gasteiger partial charge in [-0.05, 0) is 31.0 Å². The van der Waals surface area contributed by atoms with E-state index in [9.17, 15) is 4.79 Å². The Balaban J connectivity index is 1.66. The van der Waals surface area contributed by atoms with Gasteiger partial charge in [0.2, 0.25) is 0 Å². The normalized spacial score (nSPS) is 16.0. The second-order valence-electron chi connectivity index (χ2n) is 5.75. The number of rotatable bonds is 3. The Morgan fingerprint density at radius 3 is 2.59 bits per heavy atom. The molecular formula is C17H22N4O. The van der Waals surface area contributed by atoms with E-state index >= 15 is 0 Å². The van der Waals surface area contributed by atoms with Crippen LogP contribution in [0.4, 0.5) is 10.5 Å². The second-order valence-corrected chi connectivity index (χ2v) is 5.75. The summed E-state index contributed by atoms with van der Waals surface area (Å²) < 4.78 is 1.75. The molecule has 0 bridgehead atoms. The van der Waals surface area contributed by atoms with Gasteiger partial charge in [0.15, 0.2) is 0 Å². The summed E-state index contributed by atoms with van der Waals surface area (Å²) in [6.45, 7) is 0. The van der Waals surface area contributed by atoms with Gasteiger partial charge in [0.1, 0.15) is 0 Å². The fraction of sp³-hybridized carbons (Fsp3) is 0.412. The Kier molecular flexibility index (Phi) is 4.73. The van der Waals surface area contributed by atoms with Crippen molar-refractivity contribution in [3.05, 3.63) is 42.7 Å². The summed E-state index contributed by atoms with van der Waals surface area (Å²) in [5.41, 5.74) is 1.63. The third kappa shape index (κ3) is 3.67. The number of hydrogen-bond donors (Lipinski definition) is 2. The molecule has 0 atom stereocenters. The predicted molar refractivity (Wildman–Crippen MR) is 87.2 cm³/mol. The van der Waals surface area contributed by atoms with E-state index in [4.69, 9.17) is 0 Å². The zero-order valence-electron chi connectivity index (χ0n) is 12.7. The molecule has 22 heavy (non-hydrogen) atoms. The van der Waals surface area contributed by atoms with Crippen LogP contribution in [0.2, 0.25) is 0 Å². The van der Waals surface area contributed by atoms with Crippen molar-refractivity contribution in [1.82, 2.24) is 15.1 Å². The fourth-order valence-corrected chi connectivity index (χ4v) is 2.96. The van der Waals surface area contributed by atoms with Gasteiger partial charge in [-0.15, -0.1) is 0 Å². The number of benzene rings is 1. The lowest BCUT2D eigenvalue weighted by atomic mass is 10.1. The first kappa shape index (κ1) is 14.6. The number of amides is 2. The molecule has 0 spiro atoms. The number of nitrogens with zero attached hydrogens (tertiary/aromatic N) is 2. The molecule has 1 saturated carbocycles. The molecule has 1 aromatic carbocycles. The fourth-order valence-electron chi connectivity index (χ4n) is 2.96. The minimum atomic E-state index is -0.133. The van der Waals surface area contributed by atoms with Crippen molar-refractivity contribution in [3.63, 3.8) is 0 Å². The van der Waals surface area contributed by atoms with Crippen molar-refractivity contribution < 1.29 is 4.79 Å². The first-order valence-corrected chi connectivity index (χ1v) is 7.99. The van der Waals surface area contributed by atoms with Crippen molar-refractivity contribution in [2.75, 3.05) is 5.32 Å². The van der Waals surface area contributed by atoms with E-state index in [0.29, 0.717) is 6.04 Å². The molecular weight excluding hydrogens is 276 g/mol. The van der Waals surface area contributed by atoms with Crippen LogP contribution in [0.25, 0.3) is 5.69 Å². The molecule has 5 nitrogen and oxygen atoms in total. The van der Waals surface area contributed by atoms with Gasteiger partial charge in [-0.1, -0.05) is 37.8 Å². The quantitative estimate of drug-likeness (QED) is 0.848. The third-order valence-corrected chi connectivity index (χ3v) is 4.09. The molecule has 0 unspecified atom stereocenters. The van der Waals surface area contributed by atoms with Crippen molar-refractivity contribution in [2.45, 2.75) is 44.6 Å². The molecule has 1 aliphatic carbocycles. The average Bonchev–Trinajstić information content (AvgIpc) is 2.93. The van der Waals surface area contributed by atoms with Gasteiger partial charge >= 0.3 is 6.03 Å². The maximum Gasteiger partial charge on any atom is 0.319 e. The number of carbonyl (C=O) groups excluding carboxylic acids is 1. The minimum absolute atomic E-state index is 0.133. The highest BCUT2D eigenvalue weighted by molar-refractivity contribution is 5.91. The maximum absolute atomic E-state index is 12.3. The van der Waals surface area contributed by atoms with Crippen LogP contribution in [0.3, 0.4) is 0 Å². The summed E-state index contributed by atoms with van der Waals surface area (Å²) in [6.07, 6.45) is 10.7. The van der Waals surface area contributed by atoms with E-state index in [1.165, 1.54) is 25.7 Å². The minimum Gasteiger partial charge on any atom is -0.335 e. The van der Waals surface area contributed by atoms with E-state index < -0.39 is 0 Å². The monoisotopic (exact) mass is 298 g/mol. The molecule has 5 heteroatoms. The van der Waals surface area contributed by atoms with Crippen LogP contribution in [0.15, 0.2) is 42.7 Å². The number of carbonyl (C=O) groups is 1. The third-order valence-electron chi connectivity index (χ3n) is 4.09. The molecule has 2 amide bonds. The van der Waals surface area contributed by atoms with Crippen LogP contribution in [0.5, 0.6) is 0 Å². The molecule has 1 aliphatic rings. The zero-order valence-corrected chi connectivity index (χ0v) is 12.7.